The first-order valence-corrected chi connectivity index (χ1v) is 6.98. The number of hydrogen-bond acceptors (Lipinski definition) is 1. The summed E-state index contributed by atoms with van der Waals surface area (Å²) >= 11 is 0. The zero-order chi connectivity index (χ0) is 13.2. The quantitative estimate of drug-likeness (QED) is 0.878. The smallest absolute Gasteiger partial charge is 0.250 e. The molecule has 2 aliphatic carbocycles. The molecule has 0 saturated heterocycles. The van der Waals surface area contributed by atoms with Gasteiger partial charge in [0.15, 0.2) is 0 Å². The Kier molecular flexibility index (Phi) is 3.24. The molecule has 98 valence electrons. The minimum absolute atomic E-state index is 0.0599. The van der Waals surface area contributed by atoms with Crippen molar-refractivity contribution in [1.82, 2.24) is 5.32 Å². The number of allylic oxidation sites excluding steroid dienone is 2. The Bertz CT molecular complexity index is 529. The molecule has 1 amide bonds. The van der Waals surface area contributed by atoms with E-state index in [1.165, 1.54) is 5.56 Å². The second kappa shape index (κ2) is 5.04. The van der Waals surface area contributed by atoms with Crippen molar-refractivity contribution in [2.24, 2.45) is 17.8 Å². The molecule has 1 N–H and O–H groups in total. The molecule has 0 spiro atoms. The van der Waals surface area contributed by atoms with Crippen molar-refractivity contribution in [3.8, 4) is 0 Å². The largest absolute Gasteiger partial charge is 0.352 e. The number of nitrogens with one attached hydrogen (secondary N) is 1. The molecule has 1 aromatic carbocycles. The fraction of sp³-hybridized carbons (Fsp3) is 0.353. The van der Waals surface area contributed by atoms with E-state index in [2.05, 4.69) is 36.5 Å². The number of amides is 1. The van der Waals surface area contributed by atoms with Crippen molar-refractivity contribution in [3.63, 3.8) is 0 Å². The van der Waals surface area contributed by atoms with Gasteiger partial charge in [-0.1, -0.05) is 55.5 Å². The summed E-state index contributed by atoms with van der Waals surface area (Å²) in [5.74, 6) is 2.05. The fourth-order valence-corrected chi connectivity index (χ4v) is 2.79. The maximum atomic E-state index is 12.0. The standard InChI is InChI=1S/C17H19NO/c1-12-15-8-7-14(11-16(12)15)17(19)18-10-9-13-5-3-2-4-6-13/h2-8,11-12,15-16H,9-10H2,1H3,(H,18,19). The Morgan fingerprint density at radius 3 is 2.74 bits per heavy atom. The lowest BCUT2D eigenvalue weighted by Crippen LogP contribution is -2.27. The highest BCUT2D eigenvalue weighted by Crippen LogP contribution is 2.50. The van der Waals surface area contributed by atoms with Gasteiger partial charge in [0.25, 0.3) is 5.91 Å². The molecule has 1 saturated carbocycles. The Morgan fingerprint density at radius 1 is 1.21 bits per heavy atom. The third-order valence-electron chi connectivity index (χ3n) is 4.19. The molecule has 0 heterocycles. The minimum Gasteiger partial charge on any atom is -0.352 e. The molecule has 0 radical (unpaired) electrons. The maximum absolute atomic E-state index is 12.0. The third-order valence-corrected chi connectivity index (χ3v) is 4.19. The molecule has 1 fully saturated rings. The third kappa shape index (κ3) is 2.62. The Balaban J connectivity index is 1.50. The molecule has 19 heavy (non-hydrogen) atoms. The first-order valence-electron chi connectivity index (χ1n) is 6.98. The maximum Gasteiger partial charge on any atom is 0.250 e. The van der Waals surface area contributed by atoms with Crippen molar-refractivity contribution in [2.45, 2.75) is 13.3 Å². The van der Waals surface area contributed by atoms with Crippen LogP contribution in [0.2, 0.25) is 0 Å². The molecule has 3 atom stereocenters. The molecule has 0 aromatic heterocycles. The van der Waals surface area contributed by atoms with Crippen molar-refractivity contribution < 1.29 is 4.79 Å². The molecule has 1 aromatic rings. The van der Waals surface area contributed by atoms with Crippen LogP contribution in [0.5, 0.6) is 0 Å². The first-order chi connectivity index (χ1) is 9.25. The second-order valence-corrected chi connectivity index (χ2v) is 5.49. The summed E-state index contributed by atoms with van der Waals surface area (Å²) < 4.78 is 0. The SMILES string of the molecule is CC1C2C=CC(C(=O)NCCc3ccccc3)=CC12. The van der Waals surface area contributed by atoms with Gasteiger partial charge in [0.1, 0.15) is 0 Å². The Labute approximate surface area is 114 Å². The van der Waals surface area contributed by atoms with Crippen LogP contribution in [0.1, 0.15) is 12.5 Å². The topological polar surface area (TPSA) is 29.1 Å². The lowest BCUT2D eigenvalue weighted by molar-refractivity contribution is -0.117. The van der Waals surface area contributed by atoms with E-state index in [4.69, 9.17) is 0 Å². The highest BCUT2D eigenvalue weighted by atomic mass is 16.1. The van der Waals surface area contributed by atoms with Crippen molar-refractivity contribution in [2.75, 3.05) is 6.54 Å². The lowest BCUT2D eigenvalue weighted by atomic mass is 10.1. The van der Waals surface area contributed by atoms with E-state index in [0.29, 0.717) is 24.3 Å². The molecular formula is C17H19NO. The minimum atomic E-state index is 0.0599. The predicted octanol–water partition coefficient (Wildman–Crippen LogP) is 2.72. The van der Waals surface area contributed by atoms with Gasteiger partial charge in [-0.05, 0) is 29.7 Å². The fourth-order valence-electron chi connectivity index (χ4n) is 2.79. The van der Waals surface area contributed by atoms with Crippen LogP contribution in [0, 0.1) is 17.8 Å². The number of carbonyl (C=O) groups is 1. The van der Waals surface area contributed by atoms with Crippen LogP contribution < -0.4 is 5.32 Å². The van der Waals surface area contributed by atoms with E-state index >= 15 is 0 Å². The average molecular weight is 253 g/mol. The number of rotatable bonds is 4. The summed E-state index contributed by atoms with van der Waals surface area (Å²) in [6, 6.07) is 10.2. The van der Waals surface area contributed by atoms with Crippen LogP contribution in [0.15, 0.2) is 54.1 Å². The molecular weight excluding hydrogens is 234 g/mol. The van der Waals surface area contributed by atoms with Crippen LogP contribution in [-0.2, 0) is 11.2 Å². The van der Waals surface area contributed by atoms with Gasteiger partial charge in [0, 0.05) is 12.1 Å². The predicted molar refractivity (Wildman–Crippen MR) is 76.5 cm³/mol. The van der Waals surface area contributed by atoms with E-state index in [9.17, 15) is 4.79 Å². The van der Waals surface area contributed by atoms with Crippen LogP contribution in [0.4, 0.5) is 0 Å². The average Bonchev–Trinajstić information content (AvgIpc) is 3.10. The highest BCUT2D eigenvalue weighted by molar-refractivity contribution is 5.96. The van der Waals surface area contributed by atoms with E-state index in [0.717, 1.165) is 12.0 Å². The molecule has 3 rings (SSSR count). The van der Waals surface area contributed by atoms with Gasteiger partial charge in [-0.15, -0.1) is 0 Å². The van der Waals surface area contributed by atoms with E-state index in [-0.39, 0.29) is 5.91 Å². The summed E-state index contributed by atoms with van der Waals surface area (Å²) in [7, 11) is 0. The molecule has 0 bridgehead atoms. The highest BCUT2D eigenvalue weighted by Gasteiger charge is 2.44. The second-order valence-electron chi connectivity index (χ2n) is 5.49. The van der Waals surface area contributed by atoms with Gasteiger partial charge < -0.3 is 5.32 Å². The van der Waals surface area contributed by atoms with Crippen molar-refractivity contribution >= 4 is 5.91 Å². The molecule has 2 heteroatoms. The summed E-state index contributed by atoms with van der Waals surface area (Å²) in [6.07, 6.45) is 7.17. The first kappa shape index (κ1) is 12.2. The van der Waals surface area contributed by atoms with Crippen LogP contribution in [-0.4, -0.2) is 12.5 Å². The normalized spacial score (nSPS) is 27.4. The Hall–Kier alpha value is -1.83. The van der Waals surface area contributed by atoms with Crippen LogP contribution in [0.25, 0.3) is 0 Å². The number of benzene rings is 1. The van der Waals surface area contributed by atoms with Gasteiger partial charge in [-0.3, -0.25) is 4.79 Å². The summed E-state index contributed by atoms with van der Waals surface area (Å²) in [5.41, 5.74) is 2.09. The Morgan fingerprint density at radius 2 is 2.00 bits per heavy atom. The number of carbonyl (C=O) groups excluding carboxylic acids is 1. The molecule has 2 nitrogen and oxygen atoms in total. The molecule has 0 aliphatic heterocycles. The van der Waals surface area contributed by atoms with E-state index in [1.807, 2.05) is 24.3 Å². The number of hydrogen-bond donors (Lipinski definition) is 1. The lowest BCUT2D eigenvalue weighted by Gasteiger charge is -2.08. The van der Waals surface area contributed by atoms with Crippen LogP contribution >= 0.6 is 0 Å². The van der Waals surface area contributed by atoms with Crippen molar-refractivity contribution in [3.05, 3.63) is 59.7 Å². The van der Waals surface area contributed by atoms with Crippen LogP contribution in [0.3, 0.4) is 0 Å². The van der Waals surface area contributed by atoms with Gasteiger partial charge in [0.05, 0.1) is 0 Å². The molecule has 3 unspecified atom stereocenters. The number of fused-ring (bicyclic) bond motifs is 1. The monoisotopic (exact) mass is 253 g/mol. The van der Waals surface area contributed by atoms with Gasteiger partial charge in [0.2, 0.25) is 0 Å². The summed E-state index contributed by atoms with van der Waals surface area (Å²) in [5, 5.41) is 3.00. The van der Waals surface area contributed by atoms with E-state index < -0.39 is 0 Å². The summed E-state index contributed by atoms with van der Waals surface area (Å²) in [6.45, 7) is 2.93. The van der Waals surface area contributed by atoms with Crippen molar-refractivity contribution in [1.29, 1.82) is 0 Å². The van der Waals surface area contributed by atoms with Gasteiger partial charge in [-0.2, -0.15) is 0 Å². The van der Waals surface area contributed by atoms with E-state index in [1.54, 1.807) is 0 Å². The van der Waals surface area contributed by atoms with Gasteiger partial charge in [-0.25, -0.2) is 0 Å². The zero-order valence-corrected chi connectivity index (χ0v) is 11.2. The summed E-state index contributed by atoms with van der Waals surface area (Å²) in [4.78, 5) is 12.0. The molecule has 2 aliphatic rings. The zero-order valence-electron chi connectivity index (χ0n) is 11.2. The van der Waals surface area contributed by atoms with Gasteiger partial charge >= 0.3 is 0 Å².